The quantitative estimate of drug-likeness (QED) is 0.778. The van der Waals surface area contributed by atoms with Crippen LogP contribution < -0.4 is 10.1 Å². The van der Waals surface area contributed by atoms with Crippen LogP contribution in [0.2, 0.25) is 0 Å². The van der Waals surface area contributed by atoms with Gasteiger partial charge in [0.15, 0.2) is 0 Å². The van der Waals surface area contributed by atoms with Crippen LogP contribution in [0.4, 0.5) is 18.9 Å². The summed E-state index contributed by atoms with van der Waals surface area (Å²) in [7, 11) is 1.64. The van der Waals surface area contributed by atoms with Crippen molar-refractivity contribution in [3.05, 3.63) is 18.3 Å². The van der Waals surface area contributed by atoms with Crippen LogP contribution in [0.1, 0.15) is 0 Å². The first-order valence-corrected chi connectivity index (χ1v) is 3.41. The van der Waals surface area contributed by atoms with E-state index in [1.165, 1.54) is 12.3 Å². The average Bonchev–Trinajstić information content (AvgIpc) is 2.03. The summed E-state index contributed by atoms with van der Waals surface area (Å²) in [6, 6.07) is 2.58. The Bertz CT molecular complexity index is 270. The Labute approximate surface area is 72.5 Å². The minimum Gasteiger partial charge on any atom is -0.388 e. The molecule has 0 saturated carbocycles. The maximum atomic E-state index is 11.6. The number of hydrogen-bond donors (Lipinski definition) is 1. The fraction of sp³-hybridized carbons (Fsp3) is 0.286. The van der Waals surface area contributed by atoms with Gasteiger partial charge in [-0.25, -0.2) is 4.98 Å². The summed E-state index contributed by atoms with van der Waals surface area (Å²) in [4.78, 5) is 3.43. The van der Waals surface area contributed by atoms with E-state index in [9.17, 15) is 13.2 Å². The first-order chi connectivity index (χ1) is 6.01. The van der Waals surface area contributed by atoms with Gasteiger partial charge in [-0.15, -0.1) is 13.2 Å². The van der Waals surface area contributed by atoms with Gasteiger partial charge in [0.25, 0.3) is 0 Å². The molecule has 0 saturated heterocycles. The van der Waals surface area contributed by atoms with Crippen molar-refractivity contribution >= 4 is 5.69 Å². The molecule has 13 heavy (non-hydrogen) atoms. The van der Waals surface area contributed by atoms with Gasteiger partial charge < -0.3 is 10.1 Å². The van der Waals surface area contributed by atoms with Crippen LogP contribution in [0.5, 0.6) is 5.88 Å². The van der Waals surface area contributed by atoms with Crippen molar-refractivity contribution in [2.75, 3.05) is 12.4 Å². The highest BCUT2D eigenvalue weighted by molar-refractivity contribution is 5.40. The van der Waals surface area contributed by atoms with E-state index >= 15 is 0 Å². The van der Waals surface area contributed by atoms with Gasteiger partial charge in [0, 0.05) is 13.1 Å². The summed E-state index contributed by atoms with van der Waals surface area (Å²) >= 11 is 0. The van der Waals surface area contributed by atoms with E-state index < -0.39 is 12.2 Å². The molecule has 1 heterocycles. The molecule has 0 aromatic carbocycles. The Morgan fingerprint density at radius 1 is 1.38 bits per heavy atom. The van der Waals surface area contributed by atoms with Crippen molar-refractivity contribution in [1.82, 2.24) is 4.98 Å². The van der Waals surface area contributed by atoms with E-state index in [1.54, 1.807) is 7.05 Å². The van der Waals surface area contributed by atoms with E-state index in [1.807, 2.05) is 0 Å². The van der Waals surface area contributed by atoms with Gasteiger partial charge >= 0.3 is 6.36 Å². The second-order valence-corrected chi connectivity index (χ2v) is 2.18. The van der Waals surface area contributed by atoms with Gasteiger partial charge in [-0.3, -0.25) is 0 Å². The Kier molecular flexibility index (Phi) is 2.60. The zero-order valence-electron chi connectivity index (χ0n) is 6.72. The highest BCUT2D eigenvalue weighted by atomic mass is 19.4. The molecule has 0 spiro atoms. The minimum atomic E-state index is -4.69. The van der Waals surface area contributed by atoms with Gasteiger partial charge in [-0.2, -0.15) is 0 Å². The Morgan fingerprint density at radius 3 is 2.46 bits per heavy atom. The molecular weight excluding hydrogens is 185 g/mol. The third-order valence-electron chi connectivity index (χ3n) is 1.25. The van der Waals surface area contributed by atoms with E-state index in [0.717, 1.165) is 6.07 Å². The van der Waals surface area contributed by atoms with Gasteiger partial charge in [-0.05, 0) is 6.07 Å². The van der Waals surface area contributed by atoms with Gasteiger partial charge in [-0.1, -0.05) is 0 Å². The van der Waals surface area contributed by atoms with Crippen molar-refractivity contribution in [1.29, 1.82) is 0 Å². The van der Waals surface area contributed by atoms with Gasteiger partial charge in [0.2, 0.25) is 5.88 Å². The molecule has 0 aliphatic heterocycles. The molecular formula is C7H7F3N2O. The summed E-state index contributed by atoms with van der Waals surface area (Å²) < 4.78 is 38.5. The third kappa shape index (κ3) is 3.18. The summed E-state index contributed by atoms with van der Waals surface area (Å²) in [5.74, 6) is -0.466. The molecule has 0 bridgehead atoms. The molecule has 0 fully saturated rings. The lowest BCUT2D eigenvalue weighted by molar-refractivity contribution is -0.276. The first-order valence-electron chi connectivity index (χ1n) is 3.41. The monoisotopic (exact) mass is 192 g/mol. The van der Waals surface area contributed by atoms with Gasteiger partial charge in [0.05, 0.1) is 11.9 Å². The SMILES string of the molecule is CNc1ccc(OC(F)(F)F)nc1. The van der Waals surface area contributed by atoms with E-state index in [0.29, 0.717) is 5.69 Å². The van der Waals surface area contributed by atoms with Crippen LogP contribution >= 0.6 is 0 Å². The standard InChI is InChI=1S/C7H7F3N2O/c1-11-5-2-3-6(12-4-5)13-7(8,9)10/h2-4,11H,1H3. The molecule has 0 aliphatic carbocycles. The number of aromatic nitrogens is 1. The molecule has 0 atom stereocenters. The van der Waals surface area contributed by atoms with Crippen LogP contribution in [0.15, 0.2) is 18.3 Å². The van der Waals surface area contributed by atoms with Crippen molar-refractivity contribution < 1.29 is 17.9 Å². The lowest BCUT2D eigenvalue weighted by Gasteiger charge is -2.07. The molecule has 3 nitrogen and oxygen atoms in total. The molecule has 0 aliphatic rings. The van der Waals surface area contributed by atoms with Crippen LogP contribution in [-0.4, -0.2) is 18.4 Å². The molecule has 0 radical (unpaired) electrons. The summed E-state index contributed by atoms with van der Waals surface area (Å²) in [5, 5.41) is 2.72. The maximum Gasteiger partial charge on any atom is 0.574 e. The highest BCUT2D eigenvalue weighted by Gasteiger charge is 2.31. The molecule has 0 unspecified atom stereocenters. The van der Waals surface area contributed by atoms with Crippen LogP contribution in [0.3, 0.4) is 0 Å². The van der Waals surface area contributed by atoms with Crippen LogP contribution in [0.25, 0.3) is 0 Å². The number of halogens is 3. The number of rotatable bonds is 2. The lowest BCUT2D eigenvalue weighted by Crippen LogP contribution is -2.17. The van der Waals surface area contributed by atoms with E-state index in [4.69, 9.17) is 0 Å². The Hall–Kier alpha value is -1.46. The lowest BCUT2D eigenvalue weighted by atomic mass is 10.4. The number of nitrogens with one attached hydrogen (secondary N) is 1. The fourth-order valence-electron chi connectivity index (χ4n) is 0.707. The highest BCUT2D eigenvalue weighted by Crippen LogP contribution is 2.21. The minimum absolute atomic E-state index is 0.466. The molecule has 72 valence electrons. The van der Waals surface area contributed by atoms with Crippen molar-refractivity contribution in [2.45, 2.75) is 6.36 Å². The maximum absolute atomic E-state index is 11.6. The molecule has 1 aromatic heterocycles. The molecule has 1 N–H and O–H groups in total. The molecule has 1 aromatic rings. The zero-order valence-corrected chi connectivity index (χ0v) is 6.72. The Balaban J connectivity index is 2.70. The smallest absolute Gasteiger partial charge is 0.388 e. The van der Waals surface area contributed by atoms with Crippen molar-refractivity contribution in [2.24, 2.45) is 0 Å². The number of alkyl halides is 3. The molecule has 1 rings (SSSR count). The van der Waals surface area contributed by atoms with E-state index in [2.05, 4.69) is 15.0 Å². The predicted octanol–water partition coefficient (Wildman–Crippen LogP) is 2.02. The topological polar surface area (TPSA) is 34.1 Å². The second kappa shape index (κ2) is 3.51. The fourth-order valence-corrected chi connectivity index (χ4v) is 0.707. The predicted molar refractivity (Wildman–Crippen MR) is 40.5 cm³/mol. The second-order valence-electron chi connectivity index (χ2n) is 2.18. The number of ether oxygens (including phenoxy) is 1. The largest absolute Gasteiger partial charge is 0.574 e. The van der Waals surface area contributed by atoms with Gasteiger partial charge in [0.1, 0.15) is 0 Å². The zero-order chi connectivity index (χ0) is 9.90. The van der Waals surface area contributed by atoms with Crippen LogP contribution in [-0.2, 0) is 0 Å². The van der Waals surface area contributed by atoms with Crippen molar-refractivity contribution in [3.63, 3.8) is 0 Å². The third-order valence-corrected chi connectivity index (χ3v) is 1.25. The Morgan fingerprint density at radius 2 is 2.08 bits per heavy atom. The molecule has 0 amide bonds. The molecule has 6 heteroatoms. The van der Waals surface area contributed by atoms with Crippen molar-refractivity contribution in [3.8, 4) is 5.88 Å². The van der Waals surface area contributed by atoms with Crippen LogP contribution in [0, 0.1) is 0 Å². The normalized spacial score (nSPS) is 11.1. The number of hydrogen-bond acceptors (Lipinski definition) is 3. The number of nitrogens with zero attached hydrogens (tertiary/aromatic N) is 1. The summed E-state index contributed by atoms with van der Waals surface area (Å²) in [6.45, 7) is 0. The average molecular weight is 192 g/mol. The number of pyridine rings is 1. The summed E-state index contributed by atoms with van der Waals surface area (Å²) in [6.07, 6.45) is -3.44. The summed E-state index contributed by atoms with van der Waals surface area (Å²) in [5.41, 5.74) is 0.620. The number of anilines is 1. The van der Waals surface area contributed by atoms with E-state index in [-0.39, 0.29) is 0 Å². The first kappa shape index (κ1) is 9.63.